The van der Waals surface area contributed by atoms with E-state index in [2.05, 4.69) is 30.7 Å². The third-order valence-corrected chi connectivity index (χ3v) is 5.78. The van der Waals surface area contributed by atoms with Crippen molar-refractivity contribution in [3.8, 4) is 5.88 Å². The zero-order valence-corrected chi connectivity index (χ0v) is 19.2. The van der Waals surface area contributed by atoms with Crippen LogP contribution in [0.5, 0.6) is 5.88 Å². The third-order valence-electron chi connectivity index (χ3n) is 5.78. The molecule has 3 heterocycles. The second-order valence-corrected chi connectivity index (χ2v) is 8.17. The molecule has 3 aliphatic rings. The molecule has 11 heteroatoms. The summed E-state index contributed by atoms with van der Waals surface area (Å²) in [5, 5.41) is 2.91. The molecule has 2 fully saturated rings. The Labute approximate surface area is 193 Å². The minimum absolute atomic E-state index is 0.155. The fourth-order valence-corrected chi connectivity index (χ4v) is 3.74. The van der Waals surface area contributed by atoms with E-state index in [0.29, 0.717) is 55.8 Å². The molecule has 1 saturated heterocycles. The van der Waals surface area contributed by atoms with Crippen LogP contribution in [0.4, 0.5) is 10.5 Å². The topological polar surface area (TPSA) is 130 Å². The van der Waals surface area contributed by atoms with Crippen LogP contribution >= 0.6 is 0 Å². The van der Waals surface area contributed by atoms with Crippen molar-refractivity contribution in [1.82, 2.24) is 20.3 Å². The van der Waals surface area contributed by atoms with Crippen molar-refractivity contribution >= 4 is 23.4 Å². The molecule has 33 heavy (non-hydrogen) atoms. The van der Waals surface area contributed by atoms with E-state index in [1.165, 1.54) is 6.42 Å². The van der Waals surface area contributed by atoms with Crippen LogP contribution < -0.4 is 21.3 Å². The summed E-state index contributed by atoms with van der Waals surface area (Å²) in [6.45, 7) is 6.66. The molecular weight excluding hydrogens is 424 g/mol. The maximum Gasteiger partial charge on any atom is 0.322 e. The Bertz CT molecular complexity index is 918. The number of pyridine rings is 1. The van der Waals surface area contributed by atoms with Crippen molar-refractivity contribution in [1.29, 1.82) is 0 Å². The van der Waals surface area contributed by atoms with E-state index >= 15 is 0 Å². The molecule has 1 aliphatic carbocycles. The first-order chi connectivity index (χ1) is 16.0. The lowest BCUT2D eigenvalue weighted by Crippen LogP contribution is -2.53. The van der Waals surface area contributed by atoms with E-state index < -0.39 is 0 Å². The van der Waals surface area contributed by atoms with Gasteiger partial charge in [-0.25, -0.2) is 19.8 Å². The molecule has 0 spiro atoms. The van der Waals surface area contributed by atoms with Gasteiger partial charge >= 0.3 is 6.03 Å². The number of ether oxygens (including phenoxy) is 1. The average Bonchev–Trinajstić information content (AvgIpc) is 2.78. The molecule has 1 aromatic heterocycles. The number of anilines is 1. The van der Waals surface area contributed by atoms with Gasteiger partial charge in [0.05, 0.1) is 24.1 Å². The number of nitrogens with zero attached hydrogens (tertiary/aromatic N) is 5. The van der Waals surface area contributed by atoms with Gasteiger partial charge < -0.3 is 25.6 Å². The van der Waals surface area contributed by atoms with Crippen molar-refractivity contribution in [3.63, 3.8) is 0 Å². The van der Waals surface area contributed by atoms with Crippen molar-refractivity contribution in [2.45, 2.75) is 45.4 Å². The maximum absolute atomic E-state index is 12.7. The van der Waals surface area contributed by atoms with Crippen LogP contribution in [0.2, 0.25) is 0 Å². The monoisotopic (exact) mass is 456 g/mol. The van der Waals surface area contributed by atoms with Crippen LogP contribution in [0.25, 0.3) is 0 Å². The molecule has 2 aliphatic heterocycles. The number of carbonyl (C=O) groups excluding carboxylic acids is 1. The highest BCUT2D eigenvalue weighted by Crippen LogP contribution is 2.24. The van der Waals surface area contributed by atoms with Crippen molar-refractivity contribution < 1.29 is 14.4 Å². The minimum Gasteiger partial charge on any atom is -0.474 e. The summed E-state index contributed by atoms with van der Waals surface area (Å²) in [7, 11) is 0. The molecule has 11 nitrogen and oxygen atoms in total. The zero-order chi connectivity index (χ0) is 23.2. The summed E-state index contributed by atoms with van der Waals surface area (Å²) in [5.41, 5.74) is 10.3. The molecule has 0 bridgehead atoms. The number of amides is 2. The molecule has 4 N–H and O–H groups in total. The second kappa shape index (κ2) is 10.5. The minimum atomic E-state index is -0.255. The first-order valence-electron chi connectivity index (χ1n) is 11.5. The molecule has 4 rings (SSSR count). The highest BCUT2D eigenvalue weighted by molar-refractivity contribution is 6.23. The van der Waals surface area contributed by atoms with Crippen LogP contribution in [0, 0.1) is 0 Å². The van der Waals surface area contributed by atoms with Crippen molar-refractivity contribution in [2.24, 2.45) is 15.7 Å². The lowest BCUT2D eigenvalue weighted by molar-refractivity contribution is 0.0823. The summed E-state index contributed by atoms with van der Waals surface area (Å²) in [4.78, 5) is 35.1. The number of hydroxylamine groups is 1. The fourth-order valence-electron chi connectivity index (χ4n) is 3.74. The molecular formula is C22H32N8O3. The number of hydrogen-bond donors (Lipinski definition) is 3. The van der Waals surface area contributed by atoms with Crippen LogP contribution in [0.3, 0.4) is 0 Å². The summed E-state index contributed by atoms with van der Waals surface area (Å²) in [6.07, 6.45) is 6.70. The van der Waals surface area contributed by atoms with E-state index in [0.717, 1.165) is 18.7 Å². The van der Waals surface area contributed by atoms with Gasteiger partial charge in [-0.05, 0) is 39.2 Å². The smallest absolute Gasteiger partial charge is 0.322 e. The largest absolute Gasteiger partial charge is 0.474 e. The number of hydrogen-bond acceptors (Lipinski definition) is 9. The van der Waals surface area contributed by atoms with E-state index in [1.54, 1.807) is 23.4 Å². The van der Waals surface area contributed by atoms with Gasteiger partial charge in [-0.15, -0.1) is 0 Å². The molecule has 0 radical (unpaired) electrons. The molecule has 0 aromatic carbocycles. The Morgan fingerprint density at radius 2 is 2.03 bits per heavy atom. The fraction of sp³-hybridized carbons (Fsp3) is 0.545. The zero-order valence-electron chi connectivity index (χ0n) is 19.2. The van der Waals surface area contributed by atoms with Gasteiger partial charge in [-0.3, -0.25) is 10.3 Å². The quantitative estimate of drug-likeness (QED) is 0.439. The van der Waals surface area contributed by atoms with Crippen molar-refractivity contribution in [3.05, 3.63) is 30.1 Å². The maximum atomic E-state index is 12.7. The third kappa shape index (κ3) is 5.72. The van der Waals surface area contributed by atoms with Crippen LogP contribution in [0.1, 0.15) is 33.1 Å². The Balaban J connectivity index is 1.31. The van der Waals surface area contributed by atoms with E-state index in [4.69, 9.17) is 15.3 Å². The van der Waals surface area contributed by atoms with Gasteiger partial charge in [-0.2, -0.15) is 0 Å². The summed E-state index contributed by atoms with van der Waals surface area (Å²) in [6, 6.07) is 3.46. The summed E-state index contributed by atoms with van der Waals surface area (Å²) in [5.74, 6) is 1.77. The van der Waals surface area contributed by atoms with Crippen molar-refractivity contribution in [2.75, 3.05) is 38.1 Å². The number of urea groups is 1. The Morgan fingerprint density at radius 3 is 2.67 bits per heavy atom. The van der Waals surface area contributed by atoms with Crippen LogP contribution in [-0.4, -0.2) is 77.5 Å². The van der Waals surface area contributed by atoms with Gasteiger partial charge in [0, 0.05) is 38.4 Å². The SMILES string of the molecule is CCONC=C1C(N)=NC(C)N=C1N1CCN(C(=O)Nc2ccc(OC3CCC3)nc2)CC1. The standard InChI is InChI=1S/C22H32N8O3/c1-3-32-25-14-18-20(23)26-15(2)27-21(18)29-9-11-30(12-10-29)22(31)28-16-7-8-19(24-13-16)33-17-5-4-6-17/h7-8,13-15,17,25H,3-6,9-12H2,1-2H3,(H2,23,26)(H,28,31). The Morgan fingerprint density at radius 1 is 1.24 bits per heavy atom. The number of amidine groups is 2. The summed E-state index contributed by atoms with van der Waals surface area (Å²) < 4.78 is 5.77. The van der Waals surface area contributed by atoms with Gasteiger partial charge in [0.2, 0.25) is 5.88 Å². The number of rotatable bonds is 6. The van der Waals surface area contributed by atoms with Gasteiger partial charge in [0.1, 0.15) is 23.9 Å². The summed E-state index contributed by atoms with van der Waals surface area (Å²) >= 11 is 0. The Kier molecular flexibility index (Phi) is 7.28. The first-order valence-corrected chi connectivity index (χ1v) is 11.5. The molecule has 1 saturated carbocycles. The molecule has 178 valence electrons. The van der Waals surface area contributed by atoms with Gasteiger partial charge in [0.15, 0.2) is 0 Å². The number of nitrogens with two attached hydrogens (primary N) is 1. The van der Waals surface area contributed by atoms with Gasteiger partial charge in [-0.1, -0.05) is 0 Å². The normalized spacial score (nSPS) is 22.4. The van der Waals surface area contributed by atoms with E-state index in [-0.39, 0.29) is 18.3 Å². The number of nitrogens with one attached hydrogen (secondary N) is 2. The molecule has 1 unspecified atom stereocenters. The average molecular weight is 457 g/mol. The van der Waals surface area contributed by atoms with E-state index in [1.807, 2.05) is 19.9 Å². The lowest BCUT2D eigenvalue weighted by Gasteiger charge is -2.38. The van der Waals surface area contributed by atoms with E-state index in [9.17, 15) is 4.79 Å². The second-order valence-electron chi connectivity index (χ2n) is 8.17. The number of piperazine rings is 1. The molecule has 2 amide bonds. The molecule has 1 atom stereocenters. The van der Waals surface area contributed by atoms with Crippen LogP contribution in [-0.2, 0) is 4.84 Å². The predicted octanol–water partition coefficient (Wildman–Crippen LogP) is 1.70. The van der Waals surface area contributed by atoms with Crippen LogP contribution in [0.15, 0.2) is 40.1 Å². The number of aliphatic imine (C=N–C) groups is 2. The van der Waals surface area contributed by atoms with Gasteiger partial charge in [0.25, 0.3) is 0 Å². The number of aromatic nitrogens is 1. The highest BCUT2D eigenvalue weighted by Gasteiger charge is 2.28. The number of carbonyl (C=O) groups is 1. The lowest BCUT2D eigenvalue weighted by atomic mass is 9.96. The molecule has 1 aromatic rings. The predicted molar refractivity (Wildman–Crippen MR) is 126 cm³/mol. The Hall–Kier alpha value is -3.34. The first kappa shape index (κ1) is 22.8. The highest BCUT2D eigenvalue weighted by atomic mass is 16.6.